The van der Waals surface area contributed by atoms with Gasteiger partial charge in [0.2, 0.25) is 0 Å². The zero-order chi connectivity index (χ0) is 13.6. The van der Waals surface area contributed by atoms with Crippen molar-refractivity contribution in [3.8, 4) is 0 Å². The van der Waals surface area contributed by atoms with E-state index >= 15 is 0 Å². The smallest absolute Gasteiger partial charge is 0.382 e. The molecule has 0 aromatic rings. The normalized spacial score (nSPS) is 28.2. The molecule has 0 saturated heterocycles. The van der Waals surface area contributed by atoms with Gasteiger partial charge in [-0.25, -0.2) is 0 Å². The van der Waals surface area contributed by atoms with E-state index in [4.69, 9.17) is 14.2 Å². The van der Waals surface area contributed by atoms with E-state index in [9.17, 15) is 13.2 Å². The first-order valence-electron chi connectivity index (χ1n) is 5.94. The van der Waals surface area contributed by atoms with Crippen LogP contribution in [-0.2, 0) is 14.2 Å². The molecule has 0 aromatic heterocycles. The summed E-state index contributed by atoms with van der Waals surface area (Å²) in [4.78, 5) is 0. The minimum atomic E-state index is -4.17. The molecule has 1 fully saturated rings. The highest BCUT2D eigenvalue weighted by atomic mass is 19.4. The van der Waals surface area contributed by atoms with Gasteiger partial charge in [0, 0.05) is 13.2 Å². The van der Waals surface area contributed by atoms with Gasteiger partial charge in [0.25, 0.3) is 0 Å². The monoisotopic (exact) mass is 271 g/mol. The Kier molecular flexibility index (Phi) is 6.34. The lowest BCUT2D eigenvalue weighted by molar-refractivity contribution is -0.180. The van der Waals surface area contributed by atoms with E-state index in [0.717, 1.165) is 0 Å². The maximum atomic E-state index is 12.0. The molecule has 4 nitrogen and oxygen atoms in total. The molecule has 1 aliphatic carbocycles. The van der Waals surface area contributed by atoms with Crippen molar-refractivity contribution in [3.05, 3.63) is 0 Å². The van der Waals surface area contributed by atoms with Crippen LogP contribution in [0.15, 0.2) is 0 Å². The van der Waals surface area contributed by atoms with E-state index < -0.39 is 12.6 Å². The molecule has 1 saturated carbocycles. The van der Waals surface area contributed by atoms with Gasteiger partial charge in [0.1, 0.15) is 0 Å². The fraction of sp³-hybridized carbons (Fsp3) is 1.00. The standard InChI is InChI=1S/C11H20F3NO3/c1-15-8-7-9(10(8)18-6-5-16-2)17-4-3-11(12,13)14/h8-10,15H,3-7H2,1-2H3. The van der Waals surface area contributed by atoms with Crippen molar-refractivity contribution in [1.82, 2.24) is 5.32 Å². The van der Waals surface area contributed by atoms with Crippen molar-refractivity contribution in [1.29, 1.82) is 0 Å². The Balaban J connectivity index is 2.23. The fourth-order valence-corrected chi connectivity index (χ4v) is 1.84. The molecule has 108 valence electrons. The first kappa shape index (κ1) is 15.7. The summed E-state index contributed by atoms with van der Waals surface area (Å²) in [5.41, 5.74) is 0. The van der Waals surface area contributed by atoms with Crippen molar-refractivity contribution in [2.24, 2.45) is 0 Å². The minimum Gasteiger partial charge on any atom is -0.382 e. The topological polar surface area (TPSA) is 39.7 Å². The maximum Gasteiger partial charge on any atom is 0.391 e. The summed E-state index contributed by atoms with van der Waals surface area (Å²) >= 11 is 0. The predicted molar refractivity (Wildman–Crippen MR) is 59.5 cm³/mol. The van der Waals surface area contributed by atoms with Gasteiger partial charge in [-0.3, -0.25) is 0 Å². The van der Waals surface area contributed by atoms with Crippen LogP contribution in [0.4, 0.5) is 13.2 Å². The zero-order valence-electron chi connectivity index (χ0n) is 10.6. The van der Waals surface area contributed by atoms with Gasteiger partial charge in [-0.1, -0.05) is 0 Å². The fourth-order valence-electron chi connectivity index (χ4n) is 1.84. The minimum absolute atomic E-state index is 0.137. The van der Waals surface area contributed by atoms with Gasteiger partial charge in [-0.05, 0) is 13.5 Å². The number of ether oxygens (including phenoxy) is 3. The van der Waals surface area contributed by atoms with Crippen molar-refractivity contribution >= 4 is 0 Å². The quantitative estimate of drug-likeness (QED) is 0.676. The van der Waals surface area contributed by atoms with Crippen molar-refractivity contribution < 1.29 is 27.4 Å². The van der Waals surface area contributed by atoms with Crippen LogP contribution >= 0.6 is 0 Å². The molecule has 0 aliphatic heterocycles. The third kappa shape index (κ3) is 5.09. The van der Waals surface area contributed by atoms with Crippen LogP contribution in [0.5, 0.6) is 0 Å². The number of methoxy groups -OCH3 is 1. The molecule has 0 amide bonds. The third-order valence-electron chi connectivity index (χ3n) is 2.94. The number of hydrogen-bond acceptors (Lipinski definition) is 4. The van der Waals surface area contributed by atoms with Gasteiger partial charge >= 0.3 is 6.18 Å². The Morgan fingerprint density at radius 1 is 1.17 bits per heavy atom. The molecule has 18 heavy (non-hydrogen) atoms. The van der Waals surface area contributed by atoms with Gasteiger partial charge in [0.05, 0.1) is 38.4 Å². The molecular weight excluding hydrogens is 251 g/mol. The van der Waals surface area contributed by atoms with Crippen molar-refractivity contribution in [3.63, 3.8) is 0 Å². The average Bonchev–Trinajstić information content (AvgIpc) is 2.27. The highest BCUT2D eigenvalue weighted by Gasteiger charge is 2.42. The number of hydrogen-bond donors (Lipinski definition) is 1. The Labute approximate surface area is 105 Å². The Morgan fingerprint density at radius 3 is 2.44 bits per heavy atom. The van der Waals surface area contributed by atoms with Crippen LogP contribution in [0.3, 0.4) is 0 Å². The lowest BCUT2D eigenvalue weighted by Gasteiger charge is -2.43. The van der Waals surface area contributed by atoms with Crippen LogP contribution < -0.4 is 5.32 Å². The number of nitrogens with one attached hydrogen (secondary N) is 1. The average molecular weight is 271 g/mol. The molecule has 0 aromatic carbocycles. The first-order chi connectivity index (χ1) is 8.48. The van der Waals surface area contributed by atoms with E-state index in [-0.39, 0.29) is 24.9 Å². The van der Waals surface area contributed by atoms with Gasteiger partial charge in [-0.15, -0.1) is 0 Å². The molecule has 3 unspecified atom stereocenters. The van der Waals surface area contributed by atoms with Crippen LogP contribution in [0.2, 0.25) is 0 Å². The molecule has 0 spiro atoms. The summed E-state index contributed by atoms with van der Waals surface area (Å²) in [6.45, 7) is 0.565. The van der Waals surface area contributed by atoms with Crippen molar-refractivity contribution in [2.45, 2.75) is 37.3 Å². The van der Waals surface area contributed by atoms with E-state index in [1.54, 1.807) is 14.2 Å². The molecule has 1 aliphatic rings. The summed E-state index contributed by atoms with van der Waals surface area (Å²) in [5.74, 6) is 0. The molecule has 7 heteroatoms. The summed E-state index contributed by atoms with van der Waals surface area (Å²) < 4.78 is 51.5. The maximum absolute atomic E-state index is 12.0. The largest absolute Gasteiger partial charge is 0.391 e. The summed E-state index contributed by atoms with van der Waals surface area (Å²) in [6.07, 6.45) is -4.87. The molecule has 0 heterocycles. The zero-order valence-corrected chi connectivity index (χ0v) is 10.6. The number of halogens is 3. The van der Waals surface area contributed by atoms with Crippen molar-refractivity contribution in [2.75, 3.05) is 34.0 Å². The summed E-state index contributed by atoms with van der Waals surface area (Å²) in [6, 6.07) is 0.137. The first-order valence-corrected chi connectivity index (χ1v) is 5.94. The lowest BCUT2D eigenvalue weighted by atomic mass is 9.85. The molecule has 0 bridgehead atoms. The summed E-state index contributed by atoms with van der Waals surface area (Å²) in [7, 11) is 3.36. The summed E-state index contributed by atoms with van der Waals surface area (Å²) in [5, 5.41) is 3.05. The Morgan fingerprint density at radius 2 is 1.89 bits per heavy atom. The van der Waals surface area contributed by atoms with Gasteiger partial charge < -0.3 is 19.5 Å². The van der Waals surface area contributed by atoms with Crippen LogP contribution in [0.25, 0.3) is 0 Å². The van der Waals surface area contributed by atoms with Gasteiger partial charge in [-0.2, -0.15) is 13.2 Å². The SMILES string of the molecule is CNC1CC(OCCC(F)(F)F)C1OCCOC. The highest BCUT2D eigenvalue weighted by molar-refractivity contribution is 4.96. The molecular formula is C11H20F3NO3. The van der Waals surface area contributed by atoms with Crippen LogP contribution in [0.1, 0.15) is 12.8 Å². The second-order valence-corrected chi connectivity index (χ2v) is 4.23. The molecule has 1 rings (SSSR count). The van der Waals surface area contributed by atoms with E-state index in [1.807, 2.05) is 0 Å². The highest BCUT2D eigenvalue weighted by Crippen LogP contribution is 2.28. The second kappa shape index (κ2) is 7.28. The van der Waals surface area contributed by atoms with Crippen LogP contribution in [0, 0.1) is 0 Å². The molecule has 0 radical (unpaired) electrons. The van der Waals surface area contributed by atoms with E-state index in [0.29, 0.717) is 19.6 Å². The second-order valence-electron chi connectivity index (χ2n) is 4.23. The molecule has 1 N–H and O–H groups in total. The molecule has 3 atom stereocenters. The van der Waals surface area contributed by atoms with Gasteiger partial charge in [0.15, 0.2) is 0 Å². The number of alkyl halides is 3. The van der Waals surface area contributed by atoms with E-state index in [1.165, 1.54) is 0 Å². The van der Waals surface area contributed by atoms with Crippen LogP contribution in [-0.4, -0.2) is 58.4 Å². The Hall–Kier alpha value is -0.370. The third-order valence-corrected chi connectivity index (χ3v) is 2.94. The van der Waals surface area contributed by atoms with E-state index in [2.05, 4.69) is 5.32 Å². The Bertz CT molecular complexity index is 238. The number of likely N-dealkylation sites (N-methyl/N-ethyl adjacent to an activating group) is 1. The number of rotatable bonds is 8. The lowest BCUT2D eigenvalue weighted by Crippen LogP contribution is -2.59. The predicted octanol–water partition coefficient (Wildman–Crippen LogP) is 1.35.